The fraction of sp³-hybridized carbons (Fsp3) is 0.802. The van der Waals surface area contributed by atoms with Crippen LogP contribution in [0.2, 0.25) is 18.1 Å². The number of ketones is 1. The lowest BCUT2D eigenvalue weighted by atomic mass is 9.87. The van der Waals surface area contributed by atoms with Crippen LogP contribution in [0.25, 0.3) is 0 Å². The fourth-order valence-electron chi connectivity index (χ4n) is 17.8. The minimum absolute atomic E-state index is 0.00195. The van der Waals surface area contributed by atoms with Crippen molar-refractivity contribution in [2.24, 2.45) is 37.6 Å². The maximum Gasteiger partial charge on any atom is 0.397 e. The highest BCUT2D eigenvalue weighted by Crippen LogP contribution is 2.41. The van der Waals surface area contributed by atoms with Crippen molar-refractivity contribution in [3.8, 4) is 0 Å². The van der Waals surface area contributed by atoms with Gasteiger partial charge in [-0.15, -0.1) is 0 Å². The van der Waals surface area contributed by atoms with Gasteiger partial charge in [-0.1, -0.05) is 171 Å². The summed E-state index contributed by atoms with van der Waals surface area (Å²) in [5.74, 6) is -0.647. The van der Waals surface area contributed by atoms with E-state index in [4.69, 9.17) is 27.9 Å². The van der Waals surface area contributed by atoms with Gasteiger partial charge in [0.25, 0.3) is 30.1 Å². The number of nitrogens with zero attached hydrogens (tertiary/aromatic N) is 12. The molecule has 0 saturated carbocycles. The second kappa shape index (κ2) is 51.9. The molecule has 31 nitrogen and oxygen atoms in total. The number of esters is 4. The molecule has 2 N–H and O–H groups in total. The van der Waals surface area contributed by atoms with E-state index in [0.29, 0.717) is 67.1 Å². The minimum atomic E-state index is -4.31. The van der Waals surface area contributed by atoms with Gasteiger partial charge in [0.2, 0.25) is 0 Å². The fourth-order valence-corrected chi connectivity index (χ4v) is 20.0. The summed E-state index contributed by atoms with van der Waals surface area (Å²) in [6.07, 6.45) is 2.80. The van der Waals surface area contributed by atoms with E-state index in [1.807, 2.05) is 83.1 Å². The summed E-state index contributed by atoms with van der Waals surface area (Å²) in [7, 11) is -4.46. The van der Waals surface area contributed by atoms with Crippen LogP contribution in [0.15, 0.2) is 53.6 Å². The highest BCUT2D eigenvalue weighted by Gasteiger charge is 2.55. The van der Waals surface area contributed by atoms with E-state index in [1.54, 1.807) is 55.5 Å². The van der Waals surface area contributed by atoms with Crippen LogP contribution in [0, 0.1) is 37.4 Å². The molecule has 0 radical (unpaired) electrons. The third-order valence-corrected chi connectivity index (χ3v) is 36.9. The molecule has 13 heterocycles. The SMILES string of the molecule is C=[N+]=NCCC[N+]12CC[N+](CC(=O)O[C@H](C)C(C)(C)C)(CC1)CC2.CC.CC(C)=O.CC(O[Si](C)(C)C(C)(C)C)C(C)(C)C.C[C@@H](N1C(=O)c2ccccc2C1=O)C(C)(C)C.C[C@@H](OC(=O)C[N+]12CC[N+](CC(=O)NCCCC(=O)OCc3ccc([N+](C)=O)cc3)(CC1)CC2)C(C)(C)C.C[C@@H](OC(=O)C[N+]12CC[N+](CCC[N+]34CCN(CC3)CC4)(CC1)CC2)C(C)(C)C.C[C@@H](OS(=O)(=O)O)C(C)(C)C. The monoisotopic (exact) mass is 2000 g/mol. The number of nitroso groups, excluding NO2 is 1. The van der Waals surface area contributed by atoms with Gasteiger partial charge in [0, 0.05) is 84.2 Å². The highest BCUT2D eigenvalue weighted by molar-refractivity contribution is 7.80. The Morgan fingerprint density at radius 3 is 1.11 bits per heavy atom. The van der Waals surface area contributed by atoms with Crippen molar-refractivity contribution in [3.63, 3.8) is 0 Å². The zero-order valence-corrected chi connectivity index (χ0v) is 95.1. The third kappa shape index (κ3) is 40.3. The highest BCUT2D eigenvalue weighted by atomic mass is 32.3. The predicted octanol–water partition coefficient (Wildman–Crippen LogP) is 14.9. The van der Waals surface area contributed by atoms with Crippen LogP contribution in [-0.4, -0.2) is 386 Å². The van der Waals surface area contributed by atoms with E-state index >= 15 is 0 Å². The molecule has 0 aliphatic carbocycles. The first kappa shape index (κ1) is 125. The Balaban J connectivity index is 0.000000359. The normalized spacial score (nSPS) is 25.4. The number of hydrogen-bond acceptors (Lipinski definition) is 19. The van der Waals surface area contributed by atoms with Crippen molar-refractivity contribution in [3.05, 3.63) is 70.1 Å². The van der Waals surface area contributed by atoms with Gasteiger partial charge in [-0.3, -0.25) is 33.5 Å². The first-order valence-corrected chi connectivity index (χ1v) is 56.1. The Kier molecular flexibility index (Phi) is 46.5. The Hall–Kier alpha value is -6.69. The van der Waals surface area contributed by atoms with Crippen LogP contribution in [0.3, 0.4) is 0 Å². The van der Waals surface area contributed by atoms with E-state index in [-0.39, 0.29) is 117 Å². The van der Waals surface area contributed by atoms with E-state index < -0.39 is 24.8 Å². The van der Waals surface area contributed by atoms with Gasteiger partial charge in [-0.2, -0.15) is 8.42 Å². The number of quaternary nitrogens is 7. The van der Waals surface area contributed by atoms with Crippen molar-refractivity contribution >= 4 is 78.5 Å². The molecular weight excluding hydrogens is 1800 g/mol. The van der Waals surface area contributed by atoms with Gasteiger partial charge in [-0.25, -0.2) is 18.6 Å². The number of carbonyl (C=O) groups excluding carboxylic acids is 8. The molecule has 139 heavy (non-hydrogen) atoms. The van der Waals surface area contributed by atoms with Crippen LogP contribution in [0.4, 0.5) is 5.69 Å². The maximum absolute atomic E-state index is 12.6. The maximum atomic E-state index is 12.6. The number of rotatable bonds is 31. The summed E-state index contributed by atoms with van der Waals surface area (Å²) < 4.78 is 70.0. The van der Waals surface area contributed by atoms with Gasteiger partial charge in [0.05, 0.1) is 61.6 Å². The summed E-state index contributed by atoms with van der Waals surface area (Å²) in [6.45, 7) is 106. The molecule has 12 fully saturated rings. The molecule has 13 aliphatic heterocycles. The van der Waals surface area contributed by atoms with Crippen molar-refractivity contribution in [2.75, 3.05) is 223 Å². The summed E-state index contributed by atoms with van der Waals surface area (Å²) in [5.41, 5.74) is 2.16. The average Bonchev–Trinajstić information content (AvgIpc) is 1.75. The molecule has 0 spiro atoms. The predicted molar refractivity (Wildman–Crippen MR) is 553 cm³/mol. The topological polar surface area (TPSA) is 311 Å². The lowest BCUT2D eigenvalue weighted by Crippen LogP contribution is -2.76. The van der Waals surface area contributed by atoms with E-state index in [2.05, 4.69) is 155 Å². The molecular formula is C106H196N13O18SSi+9. The lowest BCUT2D eigenvalue weighted by Gasteiger charge is -2.55. The molecule has 8 bridgehead atoms. The third-order valence-electron chi connectivity index (χ3n) is 31.8. The Bertz CT molecular complexity index is 4360. The number of hydrogen-bond donors (Lipinski definition) is 2. The summed E-state index contributed by atoms with van der Waals surface area (Å²) in [6, 6.07) is 13.8. The van der Waals surface area contributed by atoms with Crippen LogP contribution in [-0.2, 0) is 73.3 Å². The van der Waals surface area contributed by atoms with Crippen LogP contribution in [0.1, 0.15) is 267 Å². The zero-order valence-electron chi connectivity index (χ0n) is 93.3. The molecule has 13 aliphatic rings. The zero-order chi connectivity index (χ0) is 106. The van der Waals surface area contributed by atoms with Gasteiger partial charge < -0.3 is 64.9 Å². The Morgan fingerprint density at radius 2 is 0.806 bits per heavy atom. The average molecular weight is 2000 g/mol. The number of amides is 3. The van der Waals surface area contributed by atoms with Crippen LogP contribution in [0.5, 0.6) is 0 Å². The number of fused-ring (bicyclic) bond motifs is 13. The Labute approximate surface area is 841 Å². The molecule has 794 valence electrons. The number of ether oxygens (including phenoxy) is 4. The minimum Gasteiger partial charge on any atom is -0.461 e. The molecule has 2 aromatic rings. The van der Waals surface area contributed by atoms with Gasteiger partial charge in [0.1, 0.15) is 155 Å². The van der Waals surface area contributed by atoms with Gasteiger partial charge >= 0.3 is 34.3 Å². The molecule has 12 saturated heterocycles. The molecule has 15 rings (SSSR count). The van der Waals surface area contributed by atoms with E-state index in [0.717, 1.165) is 120 Å². The molecule has 6 atom stereocenters. The largest absolute Gasteiger partial charge is 0.461 e. The Morgan fingerprint density at radius 1 is 0.482 bits per heavy atom. The van der Waals surface area contributed by atoms with Crippen molar-refractivity contribution in [1.29, 1.82) is 0 Å². The lowest BCUT2D eigenvalue weighted by molar-refractivity contribution is -1.08. The summed E-state index contributed by atoms with van der Waals surface area (Å²) >= 11 is 0. The van der Waals surface area contributed by atoms with Gasteiger partial charge in [-0.05, 0) is 142 Å². The number of nitrogens with one attached hydrogen (secondary N) is 1. The number of piperazine rings is 12. The molecule has 33 heteroatoms. The first-order valence-electron chi connectivity index (χ1n) is 51.8. The number of benzene rings is 2. The second-order valence-electron chi connectivity index (χ2n) is 49.6. The smallest absolute Gasteiger partial charge is 0.397 e. The van der Waals surface area contributed by atoms with Crippen LogP contribution >= 0.6 is 0 Å². The number of imide groups is 1. The summed E-state index contributed by atoms with van der Waals surface area (Å²) in [5, 5.41) is 7.24. The van der Waals surface area contributed by atoms with E-state index in [1.165, 1.54) is 144 Å². The van der Waals surface area contributed by atoms with Crippen LogP contribution < -0.4 is 5.32 Å². The van der Waals surface area contributed by atoms with Crippen molar-refractivity contribution in [2.45, 2.75) is 302 Å². The van der Waals surface area contributed by atoms with E-state index in [9.17, 15) is 51.7 Å². The second-order valence-corrected chi connectivity index (χ2v) is 55.4. The standard InChI is InChI=1S/C28H44N4O6.C23H45N4O2.C18H35N4O2.C14H17NO2.C12H28OSi.C6H14O4S.C3H6O.C2H6/c1-22(28(2,3)4)38-27(35)20-32-16-13-31(14-17-32,15-18-32)19-25(33)29-12-6-7-26(34)37-21-23-8-10-24(11-9-23)30(5)36;1-21(23(2,3)4)29-22(28)20-27-17-14-26(15-18-27,16-19-27)10-5-9-25-11-6-24(7-12-25)8-13-25;1-16(18(2,3)4)24-17(23)15-22-12-9-21(10-13-22,11-14-22)8-6-7-20-19-5;1-9(14(2,3)4)15-12(16)10-7-5-6-8-11(10)13(15)17;1-10(11(2,3)4)13-14(8,9)12(5,6)7;1-5(6(2,3)4)10-11(7,8)9;1-3(2)4;1-2/h8-11,22H,6-7,12-21H2,1-5H3;21H,5-20H2,1-4H3;16H,5-15H2,1-4H3;5-9H,1-4H3;10H,1-9H3;5H,1-4H3,(H,7,8,9);1-2H3;1-2H3/q+2;2*+3;;;;;/p+1/t22-,31?,32?;21-,26?,27?;16-,21?,22?;9-;;5-;;/m1111.1../s1. The molecule has 0 aromatic heterocycles. The van der Waals surface area contributed by atoms with Crippen molar-refractivity contribution < 1.29 is 120 Å². The van der Waals surface area contributed by atoms with Gasteiger partial charge in [0.15, 0.2) is 41.5 Å². The molecule has 3 amide bonds. The summed E-state index contributed by atoms with van der Waals surface area (Å²) in [4.78, 5) is 115. The number of Topliss-reactive ketones (excluding diaryl/α,β-unsaturated/α-hetero) is 1. The quantitative estimate of drug-likeness (QED) is 0.00605. The number of carbonyl (C=O) groups is 8. The molecule has 2 aromatic carbocycles. The molecule has 1 unspecified atom stereocenters. The van der Waals surface area contributed by atoms with Crippen molar-refractivity contribution in [1.82, 2.24) is 15.1 Å². The first-order chi connectivity index (χ1) is 63.7.